The first-order valence-electron chi connectivity index (χ1n) is 7.53. The van der Waals surface area contributed by atoms with Crippen LogP contribution < -0.4 is 4.72 Å². The third-order valence-electron chi connectivity index (χ3n) is 4.07. The van der Waals surface area contributed by atoms with Crippen molar-refractivity contribution in [2.24, 2.45) is 5.92 Å². The Morgan fingerprint density at radius 1 is 1.39 bits per heavy atom. The van der Waals surface area contributed by atoms with E-state index in [9.17, 15) is 8.42 Å². The Kier molecular flexibility index (Phi) is 4.79. The highest BCUT2D eigenvalue weighted by molar-refractivity contribution is 7.92. The lowest BCUT2D eigenvalue weighted by atomic mass is 10.0. The molecule has 0 radical (unpaired) electrons. The quantitative estimate of drug-likeness (QED) is 0.873. The minimum absolute atomic E-state index is 0.105. The molecule has 0 bridgehead atoms. The van der Waals surface area contributed by atoms with E-state index in [0.29, 0.717) is 19.0 Å². The zero-order valence-electron chi connectivity index (χ0n) is 12.9. The minimum atomic E-state index is -3.55. The molecular weight excluding hydrogens is 316 g/mol. The molecule has 124 valence electrons. The van der Waals surface area contributed by atoms with Crippen LogP contribution in [0, 0.1) is 5.92 Å². The number of ether oxygens (including phenoxy) is 2. The molecule has 2 unspecified atom stereocenters. The van der Waals surface area contributed by atoms with E-state index >= 15 is 0 Å². The van der Waals surface area contributed by atoms with Gasteiger partial charge in [-0.05, 0) is 17.9 Å². The van der Waals surface area contributed by atoms with Crippen molar-refractivity contribution in [1.82, 2.24) is 4.98 Å². The average Bonchev–Trinajstić information content (AvgIpc) is 3.06. The van der Waals surface area contributed by atoms with Gasteiger partial charge >= 0.3 is 0 Å². The Balaban J connectivity index is 1.73. The van der Waals surface area contributed by atoms with E-state index in [-0.39, 0.29) is 17.8 Å². The molecule has 6 nitrogen and oxygen atoms in total. The fourth-order valence-electron chi connectivity index (χ4n) is 2.80. The van der Waals surface area contributed by atoms with Gasteiger partial charge in [0.05, 0.1) is 18.5 Å². The molecule has 23 heavy (non-hydrogen) atoms. The Bertz CT molecular complexity index is 772. The van der Waals surface area contributed by atoms with Crippen LogP contribution in [0.25, 0.3) is 10.8 Å². The standard InChI is InChI=1S/C16H20N2O4S/c1-21-15(14-6-7-22-10-14)11-23(19,20)18-16-8-12-4-2-3-5-13(12)9-17-16/h2-5,8-9,14-15H,6-7,10-11H2,1H3,(H,17,18). The van der Waals surface area contributed by atoms with Gasteiger partial charge in [-0.15, -0.1) is 0 Å². The van der Waals surface area contributed by atoms with Crippen molar-refractivity contribution >= 4 is 26.6 Å². The molecule has 1 aromatic carbocycles. The van der Waals surface area contributed by atoms with Crippen LogP contribution in [0.2, 0.25) is 0 Å². The normalized spacial score (nSPS) is 19.8. The van der Waals surface area contributed by atoms with Gasteiger partial charge in [0.2, 0.25) is 10.0 Å². The van der Waals surface area contributed by atoms with E-state index in [1.165, 1.54) is 7.11 Å². The third kappa shape index (κ3) is 3.99. The van der Waals surface area contributed by atoms with Crippen LogP contribution in [-0.2, 0) is 19.5 Å². The summed E-state index contributed by atoms with van der Waals surface area (Å²) < 4.78 is 38.0. The van der Waals surface area contributed by atoms with Crippen molar-refractivity contribution in [2.45, 2.75) is 12.5 Å². The topological polar surface area (TPSA) is 77.5 Å². The predicted molar refractivity (Wildman–Crippen MR) is 88.9 cm³/mol. The zero-order chi connectivity index (χ0) is 16.3. The summed E-state index contributed by atoms with van der Waals surface area (Å²) >= 11 is 0. The summed E-state index contributed by atoms with van der Waals surface area (Å²) in [6.07, 6.45) is 2.10. The monoisotopic (exact) mass is 336 g/mol. The number of nitrogens with one attached hydrogen (secondary N) is 1. The molecular formula is C16H20N2O4S. The molecule has 1 saturated heterocycles. The first-order chi connectivity index (χ1) is 11.1. The molecule has 0 saturated carbocycles. The van der Waals surface area contributed by atoms with Crippen LogP contribution in [-0.4, -0.2) is 45.6 Å². The number of aromatic nitrogens is 1. The molecule has 0 spiro atoms. The van der Waals surface area contributed by atoms with Crippen molar-refractivity contribution in [3.63, 3.8) is 0 Å². The lowest BCUT2D eigenvalue weighted by molar-refractivity contribution is 0.0612. The van der Waals surface area contributed by atoms with E-state index in [1.807, 2.05) is 24.3 Å². The zero-order valence-corrected chi connectivity index (χ0v) is 13.8. The molecule has 1 aromatic heterocycles. The Morgan fingerprint density at radius 2 is 2.17 bits per heavy atom. The summed E-state index contributed by atoms with van der Waals surface area (Å²) in [4.78, 5) is 4.17. The van der Waals surface area contributed by atoms with Gasteiger partial charge in [-0.25, -0.2) is 13.4 Å². The maximum absolute atomic E-state index is 12.4. The van der Waals surface area contributed by atoms with E-state index in [1.54, 1.807) is 12.3 Å². The second-order valence-electron chi connectivity index (χ2n) is 5.70. The summed E-state index contributed by atoms with van der Waals surface area (Å²) in [7, 11) is -2.01. The van der Waals surface area contributed by atoms with Crippen molar-refractivity contribution in [2.75, 3.05) is 30.8 Å². The largest absolute Gasteiger partial charge is 0.381 e. The highest BCUT2D eigenvalue weighted by Gasteiger charge is 2.30. The molecule has 1 fully saturated rings. The van der Waals surface area contributed by atoms with Crippen LogP contribution in [0.3, 0.4) is 0 Å². The third-order valence-corrected chi connectivity index (χ3v) is 5.36. The van der Waals surface area contributed by atoms with Crippen molar-refractivity contribution in [3.05, 3.63) is 36.5 Å². The van der Waals surface area contributed by atoms with Gasteiger partial charge in [0, 0.05) is 31.2 Å². The smallest absolute Gasteiger partial charge is 0.236 e. The van der Waals surface area contributed by atoms with Crippen LogP contribution in [0.4, 0.5) is 5.82 Å². The highest BCUT2D eigenvalue weighted by atomic mass is 32.2. The molecule has 0 aliphatic carbocycles. The van der Waals surface area contributed by atoms with Gasteiger partial charge in [-0.1, -0.05) is 24.3 Å². The van der Waals surface area contributed by atoms with Gasteiger partial charge in [-0.2, -0.15) is 0 Å². The maximum Gasteiger partial charge on any atom is 0.236 e. The number of rotatable bonds is 6. The SMILES string of the molecule is COC(CS(=O)(=O)Nc1cc2ccccc2cn1)C1CCOC1. The molecule has 2 heterocycles. The highest BCUT2D eigenvalue weighted by Crippen LogP contribution is 2.21. The van der Waals surface area contributed by atoms with Crippen LogP contribution >= 0.6 is 0 Å². The maximum atomic E-state index is 12.4. The summed E-state index contributed by atoms with van der Waals surface area (Å²) in [5, 5.41) is 1.90. The number of pyridine rings is 1. The van der Waals surface area contributed by atoms with Crippen molar-refractivity contribution in [3.8, 4) is 0 Å². The van der Waals surface area contributed by atoms with E-state index in [2.05, 4.69) is 9.71 Å². The summed E-state index contributed by atoms with van der Waals surface area (Å²) in [6.45, 7) is 1.20. The Morgan fingerprint density at radius 3 is 2.87 bits per heavy atom. The number of hydrogen-bond acceptors (Lipinski definition) is 5. The van der Waals surface area contributed by atoms with E-state index in [0.717, 1.165) is 17.2 Å². The molecule has 2 atom stereocenters. The minimum Gasteiger partial charge on any atom is -0.381 e. The summed E-state index contributed by atoms with van der Waals surface area (Å²) in [6, 6.07) is 9.40. The average molecular weight is 336 g/mol. The van der Waals surface area contributed by atoms with Crippen LogP contribution in [0.15, 0.2) is 36.5 Å². The molecule has 0 amide bonds. The summed E-state index contributed by atoms with van der Waals surface area (Å²) in [5.41, 5.74) is 0. The molecule has 2 aromatic rings. The van der Waals surface area contributed by atoms with Gasteiger partial charge in [0.25, 0.3) is 0 Å². The van der Waals surface area contributed by atoms with Gasteiger partial charge in [0.15, 0.2) is 0 Å². The second kappa shape index (κ2) is 6.82. The van der Waals surface area contributed by atoms with E-state index in [4.69, 9.17) is 9.47 Å². The molecule has 1 aliphatic rings. The van der Waals surface area contributed by atoms with E-state index < -0.39 is 10.0 Å². The summed E-state index contributed by atoms with van der Waals surface area (Å²) in [5.74, 6) is 0.328. The fraction of sp³-hybridized carbons (Fsp3) is 0.438. The number of anilines is 1. The van der Waals surface area contributed by atoms with Gasteiger partial charge in [-0.3, -0.25) is 4.72 Å². The van der Waals surface area contributed by atoms with Gasteiger partial charge < -0.3 is 9.47 Å². The molecule has 1 N–H and O–H groups in total. The lowest BCUT2D eigenvalue weighted by Crippen LogP contribution is -2.34. The van der Waals surface area contributed by atoms with Crippen LogP contribution in [0.1, 0.15) is 6.42 Å². The Labute approximate surface area is 135 Å². The number of fused-ring (bicyclic) bond motifs is 1. The first kappa shape index (κ1) is 16.2. The lowest BCUT2D eigenvalue weighted by Gasteiger charge is -2.21. The Hall–Kier alpha value is -1.70. The number of benzene rings is 1. The van der Waals surface area contributed by atoms with Crippen LogP contribution in [0.5, 0.6) is 0 Å². The first-order valence-corrected chi connectivity index (χ1v) is 9.18. The molecule has 7 heteroatoms. The van der Waals surface area contributed by atoms with Gasteiger partial charge in [0.1, 0.15) is 5.82 Å². The molecule has 3 rings (SSSR count). The fourth-order valence-corrected chi connectivity index (χ4v) is 4.15. The molecule has 1 aliphatic heterocycles. The number of sulfonamides is 1. The second-order valence-corrected chi connectivity index (χ2v) is 7.46. The van der Waals surface area contributed by atoms with Crippen molar-refractivity contribution in [1.29, 1.82) is 0 Å². The van der Waals surface area contributed by atoms with Crippen molar-refractivity contribution < 1.29 is 17.9 Å². The predicted octanol–water partition coefficient (Wildman–Crippen LogP) is 2.03. The number of hydrogen-bond donors (Lipinski definition) is 1. The number of nitrogens with zero attached hydrogens (tertiary/aromatic N) is 1. The number of methoxy groups -OCH3 is 1.